The molecule has 2 aromatic rings. The Kier molecular flexibility index (Phi) is 5.59. The zero-order valence-electron chi connectivity index (χ0n) is 17.1. The summed E-state index contributed by atoms with van der Waals surface area (Å²) >= 11 is 0. The smallest absolute Gasteiger partial charge is 0.376 e. The lowest BCUT2D eigenvalue weighted by Crippen LogP contribution is -2.81. The lowest BCUT2D eigenvalue weighted by Gasteiger charge is -2.58. The standard InChI is InChI=1S/C22H18F4N4O3/c23-17-7-15(8-27)3-6-18(17)29-10-19(32)30(21(20(29)33)11-28(12-21)13-31)9-14-1-4-16(5-2-14)22(24,25)26/h1-7,13,19,32H,9-12H2. The molecule has 172 valence electrons. The molecule has 2 aliphatic heterocycles. The van der Waals surface area contributed by atoms with Gasteiger partial charge in [0.25, 0.3) is 5.91 Å². The molecule has 7 nitrogen and oxygen atoms in total. The number of hydrogen-bond donors (Lipinski definition) is 1. The van der Waals surface area contributed by atoms with E-state index >= 15 is 0 Å². The summed E-state index contributed by atoms with van der Waals surface area (Å²) in [7, 11) is 0. The fourth-order valence-electron chi connectivity index (χ4n) is 4.28. The van der Waals surface area contributed by atoms with Crippen molar-refractivity contribution < 1.29 is 32.3 Å². The Morgan fingerprint density at radius 1 is 1.18 bits per heavy atom. The first-order valence-electron chi connectivity index (χ1n) is 9.91. The molecule has 0 radical (unpaired) electrons. The van der Waals surface area contributed by atoms with Crippen molar-refractivity contribution in [1.82, 2.24) is 9.80 Å². The van der Waals surface area contributed by atoms with Gasteiger partial charge in [0, 0.05) is 19.6 Å². The van der Waals surface area contributed by atoms with E-state index in [-0.39, 0.29) is 37.4 Å². The number of piperazine rings is 1. The lowest BCUT2D eigenvalue weighted by molar-refractivity contribution is -0.175. The van der Waals surface area contributed by atoms with Crippen molar-refractivity contribution >= 4 is 18.0 Å². The number of anilines is 1. The van der Waals surface area contributed by atoms with Crippen LogP contribution in [0.3, 0.4) is 0 Å². The number of likely N-dealkylation sites (tertiary alicyclic amines) is 1. The Morgan fingerprint density at radius 3 is 2.39 bits per heavy atom. The second-order valence-electron chi connectivity index (χ2n) is 8.04. The monoisotopic (exact) mass is 462 g/mol. The number of hydrogen-bond acceptors (Lipinski definition) is 5. The minimum Gasteiger partial charge on any atom is -0.376 e. The summed E-state index contributed by atoms with van der Waals surface area (Å²) in [5, 5.41) is 19.8. The molecule has 0 aliphatic carbocycles. The number of halogens is 4. The first-order chi connectivity index (χ1) is 15.6. The summed E-state index contributed by atoms with van der Waals surface area (Å²) in [6, 6.07) is 9.75. The van der Waals surface area contributed by atoms with Crippen molar-refractivity contribution in [2.24, 2.45) is 0 Å². The van der Waals surface area contributed by atoms with Crippen LogP contribution in [0, 0.1) is 17.1 Å². The normalized spacial score (nSPS) is 20.5. The maximum absolute atomic E-state index is 14.6. The van der Waals surface area contributed by atoms with Crippen LogP contribution in [-0.4, -0.2) is 58.6 Å². The molecule has 1 spiro atoms. The molecule has 11 heteroatoms. The summed E-state index contributed by atoms with van der Waals surface area (Å²) in [5.74, 6) is -1.37. The van der Waals surface area contributed by atoms with Crippen molar-refractivity contribution in [3.63, 3.8) is 0 Å². The zero-order chi connectivity index (χ0) is 24.0. The quantitative estimate of drug-likeness (QED) is 0.556. The van der Waals surface area contributed by atoms with Crippen LogP contribution in [0.15, 0.2) is 42.5 Å². The van der Waals surface area contributed by atoms with Gasteiger partial charge in [-0.1, -0.05) is 12.1 Å². The number of rotatable bonds is 4. The SMILES string of the molecule is N#Cc1ccc(N2CC(O)N(Cc3ccc(C(F)(F)F)cc3)C3(CN(C=O)C3)C2=O)c(F)c1. The lowest BCUT2D eigenvalue weighted by atomic mass is 9.83. The van der Waals surface area contributed by atoms with E-state index in [1.165, 1.54) is 34.1 Å². The Balaban J connectivity index is 1.65. The highest BCUT2D eigenvalue weighted by Crippen LogP contribution is 2.38. The molecule has 1 N–H and O–H groups in total. The van der Waals surface area contributed by atoms with E-state index in [0.717, 1.165) is 23.1 Å². The average molecular weight is 462 g/mol. The highest BCUT2D eigenvalue weighted by molar-refractivity contribution is 6.03. The average Bonchev–Trinajstić information content (AvgIpc) is 2.75. The Bertz CT molecular complexity index is 1120. The van der Waals surface area contributed by atoms with E-state index in [1.54, 1.807) is 6.07 Å². The van der Waals surface area contributed by atoms with Crippen LogP contribution in [-0.2, 0) is 22.3 Å². The predicted octanol–water partition coefficient (Wildman–Crippen LogP) is 2.09. The summed E-state index contributed by atoms with van der Waals surface area (Å²) < 4.78 is 53.2. The van der Waals surface area contributed by atoms with Crippen LogP contribution in [0.5, 0.6) is 0 Å². The van der Waals surface area contributed by atoms with Crippen molar-refractivity contribution in [2.45, 2.75) is 24.5 Å². The molecule has 33 heavy (non-hydrogen) atoms. The fourth-order valence-corrected chi connectivity index (χ4v) is 4.28. The molecule has 0 aromatic heterocycles. The van der Waals surface area contributed by atoms with E-state index in [2.05, 4.69) is 0 Å². The van der Waals surface area contributed by atoms with E-state index in [1.807, 2.05) is 0 Å². The number of nitrogens with zero attached hydrogens (tertiary/aromatic N) is 4. The van der Waals surface area contributed by atoms with Gasteiger partial charge in [-0.3, -0.25) is 14.5 Å². The van der Waals surface area contributed by atoms with Crippen LogP contribution in [0.4, 0.5) is 23.2 Å². The van der Waals surface area contributed by atoms with Gasteiger partial charge in [-0.05, 0) is 35.9 Å². The molecule has 1 atom stereocenters. The Labute approximate surface area is 186 Å². The fraction of sp³-hybridized carbons (Fsp3) is 0.318. The van der Waals surface area contributed by atoms with Crippen LogP contribution in [0.25, 0.3) is 0 Å². The second-order valence-corrected chi connectivity index (χ2v) is 8.04. The largest absolute Gasteiger partial charge is 0.416 e. The third-order valence-electron chi connectivity index (χ3n) is 5.98. The third-order valence-corrected chi connectivity index (χ3v) is 5.98. The predicted molar refractivity (Wildman–Crippen MR) is 107 cm³/mol. The first kappa shape index (κ1) is 22.7. The van der Waals surface area contributed by atoms with E-state index < -0.39 is 35.2 Å². The highest BCUT2D eigenvalue weighted by Gasteiger charge is 2.59. The molecule has 2 heterocycles. The molecule has 2 saturated heterocycles. The minimum absolute atomic E-state index is 0.0541. The van der Waals surface area contributed by atoms with Crippen LogP contribution in [0.2, 0.25) is 0 Å². The van der Waals surface area contributed by atoms with E-state index in [0.29, 0.717) is 12.0 Å². The number of carbonyl (C=O) groups is 2. The molecule has 0 saturated carbocycles. The molecule has 1 unspecified atom stereocenters. The Morgan fingerprint density at radius 2 is 1.85 bits per heavy atom. The van der Waals surface area contributed by atoms with Gasteiger partial charge in [-0.25, -0.2) is 4.39 Å². The van der Waals surface area contributed by atoms with Crippen LogP contribution < -0.4 is 4.90 Å². The summed E-state index contributed by atoms with van der Waals surface area (Å²) in [6.45, 7) is -0.491. The number of carbonyl (C=O) groups excluding carboxylic acids is 2. The minimum atomic E-state index is -4.50. The number of alkyl halides is 3. The van der Waals surface area contributed by atoms with Crippen LogP contribution in [0.1, 0.15) is 16.7 Å². The Hall–Kier alpha value is -3.49. The number of nitriles is 1. The molecular weight excluding hydrogens is 444 g/mol. The molecule has 2 aromatic carbocycles. The topological polar surface area (TPSA) is 87.9 Å². The van der Waals surface area contributed by atoms with Gasteiger partial charge in [0.15, 0.2) is 0 Å². The molecule has 2 aliphatic rings. The van der Waals surface area contributed by atoms with Gasteiger partial charge in [-0.15, -0.1) is 0 Å². The molecular formula is C22H18F4N4O3. The highest BCUT2D eigenvalue weighted by atomic mass is 19.4. The van der Waals surface area contributed by atoms with Crippen molar-refractivity contribution in [3.05, 3.63) is 65.0 Å². The van der Waals surface area contributed by atoms with Gasteiger partial charge < -0.3 is 14.9 Å². The number of β-amino-alcohol motifs (C(OH)–C–C–N with tert-alkyl or cyclic N) is 1. The second kappa shape index (κ2) is 8.13. The van der Waals surface area contributed by atoms with Crippen LogP contribution >= 0.6 is 0 Å². The van der Waals surface area contributed by atoms with Crippen molar-refractivity contribution in [3.8, 4) is 6.07 Å². The summed E-state index contributed by atoms with van der Waals surface area (Å²) in [6.07, 6.45) is -5.23. The number of amides is 2. The van der Waals surface area contributed by atoms with E-state index in [4.69, 9.17) is 5.26 Å². The van der Waals surface area contributed by atoms with Gasteiger partial charge in [0.2, 0.25) is 6.41 Å². The summed E-state index contributed by atoms with van der Waals surface area (Å²) in [5.41, 5.74) is -1.82. The third kappa shape index (κ3) is 3.92. The molecule has 2 fully saturated rings. The van der Waals surface area contributed by atoms with Gasteiger partial charge in [0.1, 0.15) is 17.6 Å². The maximum atomic E-state index is 14.6. The number of benzene rings is 2. The van der Waals surface area contributed by atoms with Gasteiger partial charge >= 0.3 is 6.18 Å². The van der Waals surface area contributed by atoms with Crippen molar-refractivity contribution in [2.75, 3.05) is 24.5 Å². The van der Waals surface area contributed by atoms with Gasteiger partial charge in [0.05, 0.1) is 29.4 Å². The maximum Gasteiger partial charge on any atom is 0.416 e. The molecule has 4 rings (SSSR count). The first-order valence-corrected chi connectivity index (χ1v) is 9.91. The van der Waals surface area contributed by atoms with Gasteiger partial charge in [-0.2, -0.15) is 18.4 Å². The molecule has 0 bridgehead atoms. The summed E-state index contributed by atoms with van der Waals surface area (Å²) in [4.78, 5) is 28.5. The number of aliphatic hydroxyl groups excluding tert-OH is 1. The molecule has 2 amide bonds. The van der Waals surface area contributed by atoms with Crippen molar-refractivity contribution in [1.29, 1.82) is 5.26 Å². The zero-order valence-corrected chi connectivity index (χ0v) is 17.1. The number of aliphatic hydroxyl groups is 1. The van der Waals surface area contributed by atoms with E-state index in [9.17, 15) is 32.3 Å².